The topological polar surface area (TPSA) is 89.3 Å². The van der Waals surface area contributed by atoms with E-state index in [0.717, 1.165) is 18.8 Å². The molecule has 1 aromatic carbocycles. The maximum Gasteiger partial charge on any atom is 0.251 e. The molecule has 0 spiro atoms. The lowest BCUT2D eigenvalue weighted by molar-refractivity contribution is 0.0932. The van der Waals surface area contributed by atoms with Crippen molar-refractivity contribution in [2.75, 3.05) is 0 Å². The lowest BCUT2D eigenvalue weighted by Gasteiger charge is -2.16. The van der Waals surface area contributed by atoms with Crippen molar-refractivity contribution in [3.05, 3.63) is 29.8 Å². The van der Waals surface area contributed by atoms with Crippen LogP contribution in [0.15, 0.2) is 29.2 Å². The molecular formula is C14H20N2O3S. The zero-order valence-corrected chi connectivity index (χ0v) is 12.3. The van der Waals surface area contributed by atoms with E-state index in [1.165, 1.54) is 37.1 Å². The average molecular weight is 296 g/mol. The van der Waals surface area contributed by atoms with Crippen molar-refractivity contribution < 1.29 is 13.2 Å². The molecular weight excluding hydrogens is 276 g/mol. The second kappa shape index (κ2) is 5.93. The van der Waals surface area contributed by atoms with Gasteiger partial charge < -0.3 is 5.32 Å². The standard InChI is InChI=1S/C14H20N2O3S/c1-2-12(9-10-3-4-10)16-14(17)11-5-7-13(8-6-11)20(15,18)19/h5-8,10,12H,2-4,9H2,1H3,(H,16,17)(H2,15,18,19). The van der Waals surface area contributed by atoms with Gasteiger partial charge in [-0.15, -0.1) is 0 Å². The molecule has 110 valence electrons. The van der Waals surface area contributed by atoms with Crippen LogP contribution in [0.4, 0.5) is 0 Å². The maximum atomic E-state index is 12.1. The van der Waals surface area contributed by atoms with E-state index in [1.54, 1.807) is 0 Å². The monoisotopic (exact) mass is 296 g/mol. The quantitative estimate of drug-likeness (QED) is 0.836. The Kier molecular flexibility index (Phi) is 4.45. The summed E-state index contributed by atoms with van der Waals surface area (Å²) in [5.74, 6) is 0.587. The molecule has 1 aliphatic carbocycles. The van der Waals surface area contributed by atoms with Gasteiger partial charge >= 0.3 is 0 Å². The van der Waals surface area contributed by atoms with Gasteiger partial charge in [-0.1, -0.05) is 19.8 Å². The molecule has 20 heavy (non-hydrogen) atoms. The Morgan fingerprint density at radius 1 is 1.35 bits per heavy atom. The molecule has 3 N–H and O–H groups in total. The predicted octanol–water partition coefficient (Wildman–Crippen LogP) is 1.64. The van der Waals surface area contributed by atoms with Crippen LogP contribution in [-0.2, 0) is 10.0 Å². The number of carbonyl (C=O) groups is 1. The van der Waals surface area contributed by atoms with Crippen LogP contribution in [0.3, 0.4) is 0 Å². The van der Waals surface area contributed by atoms with Crippen LogP contribution in [-0.4, -0.2) is 20.4 Å². The van der Waals surface area contributed by atoms with Crippen LogP contribution in [0.2, 0.25) is 0 Å². The highest BCUT2D eigenvalue weighted by Crippen LogP contribution is 2.34. The predicted molar refractivity (Wildman–Crippen MR) is 76.7 cm³/mol. The van der Waals surface area contributed by atoms with Crippen molar-refractivity contribution in [2.45, 2.75) is 43.5 Å². The van der Waals surface area contributed by atoms with Gasteiger partial charge in [0.05, 0.1) is 4.90 Å². The Hall–Kier alpha value is -1.40. The van der Waals surface area contributed by atoms with Crippen molar-refractivity contribution in [1.82, 2.24) is 5.32 Å². The van der Waals surface area contributed by atoms with Gasteiger partial charge in [-0.3, -0.25) is 4.79 Å². The van der Waals surface area contributed by atoms with Gasteiger partial charge in [-0.05, 0) is 43.0 Å². The van der Waals surface area contributed by atoms with E-state index in [-0.39, 0.29) is 16.8 Å². The largest absolute Gasteiger partial charge is 0.349 e. The van der Waals surface area contributed by atoms with Crippen molar-refractivity contribution in [3.8, 4) is 0 Å². The third kappa shape index (κ3) is 4.05. The van der Waals surface area contributed by atoms with E-state index in [4.69, 9.17) is 5.14 Å². The summed E-state index contributed by atoms with van der Waals surface area (Å²) in [7, 11) is -3.71. The molecule has 0 saturated heterocycles. The van der Waals surface area contributed by atoms with E-state index in [9.17, 15) is 13.2 Å². The zero-order valence-electron chi connectivity index (χ0n) is 11.5. The second-order valence-corrected chi connectivity index (χ2v) is 6.89. The van der Waals surface area contributed by atoms with Crippen molar-refractivity contribution in [2.24, 2.45) is 11.1 Å². The molecule has 0 radical (unpaired) electrons. The van der Waals surface area contributed by atoms with Crippen LogP contribution in [0.25, 0.3) is 0 Å². The minimum atomic E-state index is -3.71. The van der Waals surface area contributed by atoms with Crippen LogP contribution in [0, 0.1) is 5.92 Å². The fourth-order valence-corrected chi connectivity index (χ4v) is 2.66. The minimum absolute atomic E-state index is 0.0130. The zero-order chi connectivity index (χ0) is 14.8. The van der Waals surface area contributed by atoms with Gasteiger partial charge in [-0.25, -0.2) is 13.6 Å². The molecule has 2 rings (SSSR count). The highest BCUT2D eigenvalue weighted by atomic mass is 32.2. The summed E-state index contributed by atoms with van der Waals surface area (Å²) in [6.07, 6.45) is 4.44. The number of nitrogens with one attached hydrogen (secondary N) is 1. The molecule has 1 saturated carbocycles. The molecule has 6 heteroatoms. The SMILES string of the molecule is CCC(CC1CC1)NC(=O)c1ccc(S(N)(=O)=O)cc1. The van der Waals surface area contributed by atoms with E-state index in [0.29, 0.717) is 5.56 Å². The Morgan fingerprint density at radius 2 is 1.95 bits per heavy atom. The van der Waals surface area contributed by atoms with Gasteiger partial charge in [0.25, 0.3) is 5.91 Å². The van der Waals surface area contributed by atoms with Gasteiger partial charge in [0.15, 0.2) is 0 Å². The highest BCUT2D eigenvalue weighted by molar-refractivity contribution is 7.89. The normalized spacial score (nSPS) is 16.7. The van der Waals surface area contributed by atoms with Crippen LogP contribution < -0.4 is 10.5 Å². The molecule has 0 aromatic heterocycles. The van der Waals surface area contributed by atoms with E-state index in [1.807, 2.05) is 0 Å². The van der Waals surface area contributed by atoms with Gasteiger partial charge in [0.1, 0.15) is 0 Å². The van der Waals surface area contributed by atoms with Crippen molar-refractivity contribution >= 4 is 15.9 Å². The second-order valence-electron chi connectivity index (χ2n) is 5.33. The highest BCUT2D eigenvalue weighted by Gasteiger charge is 2.25. The summed E-state index contributed by atoms with van der Waals surface area (Å²) in [5, 5.41) is 8.01. The Balaban J connectivity index is 2.01. The minimum Gasteiger partial charge on any atom is -0.349 e. The van der Waals surface area contributed by atoms with Crippen molar-refractivity contribution in [1.29, 1.82) is 0 Å². The molecule has 0 aliphatic heterocycles. The summed E-state index contributed by atoms with van der Waals surface area (Å²) in [6, 6.07) is 5.86. The molecule has 1 unspecified atom stereocenters. The number of amides is 1. The summed E-state index contributed by atoms with van der Waals surface area (Å²) in [4.78, 5) is 12.1. The van der Waals surface area contributed by atoms with Crippen LogP contribution in [0.1, 0.15) is 43.0 Å². The molecule has 1 amide bonds. The first-order valence-electron chi connectivity index (χ1n) is 6.84. The Morgan fingerprint density at radius 3 is 2.40 bits per heavy atom. The number of hydrogen-bond donors (Lipinski definition) is 2. The molecule has 0 bridgehead atoms. The molecule has 1 atom stereocenters. The molecule has 0 heterocycles. The number of rotatable bonds is 6. The summed E-state index contributed by atoms with van der Waals surface area (Å²) in [6.45, 7) is 2.05. The number of carbonyl (C=O) groups excluding carboxylic acids is 1. The van der Waals surface area contributed by atoms with Gasteiger partial charge in [0.2, 0.25) is 10.0 Å². The molecule has 5 nitrogen and oxygen atoms in total. The summed E-state index contributed by atoms with van der Waals surface area (Å²) >= 11 is 0. The van der Waals surface area contributed by atoms with Gasteiger partial charge in [-0.2, -0.15) is 0 Å². The summed E-state index contributed by atoms with van der Waals surface area (Å²) in [5.41, 5.74) is 0.451. The number of sulfonamides is 1. The number of primary sulfonamides is 1. The summed E-state index contributed by atoms with van der Waals surface area (Å²) < 4.78 is 22.3. The Bertz CT molecular complexity index is 577. The first-order valence-corrected chi connectivity index (χ1v) is 8.38. The first-order chi connectivity index (χ1) is 9.40. The molecule has 1 aliphatic rings. The van der Waals surface area contributed by atoms with Crippen LogP contribution in [0.5, 0.6) is 0 Å². The molecule has 1 fully saturated rings. The van der Waals surface area contributed by atoms with E-state index < -0.39 is 10.0 Å². The van der Waals surface area contributed by atoms with E-state index >= 15 is 0 Å². The van der Waals surface area contributed by atoms with E-state index in [2.05, 4.69) is 12.2 Å². The lowest BCUT2D eigenvalue weighted by atomic mass is 10.1. The smallest absolute Gasteiger partial charge is 0.251 e. The fourth-order valence-electron chi connectivity index (χ4n) is 2.15. The lowest BCUT2D eigenvalue weighted by Crippen LogP contribution is -2.34. The van der Waals surface area contributed by atoms with Crippen molar-refractivity contribution in [3.63, 3.8) is 0 Å². The number of hydrogen-bond acceptors (Lipinski definition) is 3. The first kappa shape index (κ1) is 15.0. The number of benzene rings is 1. The maximum absolute atomic E-state index is 12.1. The van der Waals surface area contributed by atoms with Gasteiger partial charge in [0, 0.05) is 11.6 Å². The third-order valence-corrected chi connectivity index (χ3v) is 4.52. The Labute approximate surface area is 119 Å². The number of nitrogens with two attached hydrogens (primary N) is 1. The van der Waals surface area contributed by atoms with Crippen LogP contribution >= 0.6 is 0 Å². The average Bonchev–Trinajstić information content (AvgIpc) is 3.21. The fraction of sp³-hybridized carbons (Fsp3) is 0.500. The molecule has 1 aromatic rings. The third-order valence-electron chi connectivity index (χ3n) is 3.59.